The number of unbranched alkanes of at least 4 members (excludes halogenated alkanes) is 4. The summed E-state index contributed by atoms with van der Waals surface area (Å²) in [5.74, 6) is -1.10. The van der Waals surface area contributed by atoms with Gasteiger partial charge >= 0.3 is 11.9 Å². The number of carbonyl (C=O) groups is 2. The minimum Gasteiger partial charge on any atom is -0.462 e. The first kappa shape index (κ1) is 64.0. The van der Waals surface area contributed by atoms with Gasteiger partial charge < -0.3 is 64.2 Å². The van der Waals surface area contributed by atoms with Crippen LogP contribution in [-0.4, -0.2) is 142 Å². The maximum atomic E-state index is 13.0. The molecule has 0 aliphatic carbocycles. The fourth-order valence-electron chi connectivity index (χ4n) is 7.17. The van der Waals surface area contributed by atoms with Gasteiger partial charge in [-0.2, -0.15) is 0 Å². The highest BCUT2D eigenvalue weighted by molar-refractivity contribution is 5.70. The number of ether oxygens (including phenoxy) is 6. The monoisotopic (exact) mass is 1010 g/mol. The SMILES string of the molecule is CC/C=C/C/C=C/C/C=C/C/C=C/C/C=C/CCCC(=O)O[C@@H](COC(=O)CC/C=C/C/C=C/C/C=C/C/C=C/C/C=C/CCCCC)CO[C@@H]1O[C@H](CO[C@@H]2O[C@H](CO)[C@H](O)C(O)C2O)[C@H](O)C(O)C1O. The molecule has 0 amide bonds. The highest BCUT2D eigenvalue weighted by Crippen LogP contribution is 2.26. The summed E-state index contributed by atoms with van der Waals surface area (Å²) in [6, 6.07) is 0. The van der Waals surface area contributed by atoms with Crippen LogP contribution >= 0.6 is 0 Å². The van der Waals surface area contributed by atoms with E-state index < -0.39 is 99.3 Å². The minimum absolute atomic E-state index is 0.0633. The van der Waals surface area contributed by atoms with Gasteiger partial charge in [0.25, 0.3) is 0 Å². The zero-order chi connectivity index (χ0) is 52.4. The van der Waals surface area contributed by atoms with Crippen LogP contribution in [0.4, 0.5) is 0 Å². The predicted octanol–water partition coefficient (Wildman–Crippen LogP) is 7.71. The van der Waals surface area contributed by atoms with Crippen LogP contribution < -0.4 is 0 Å². The molecule has 72 heavy (non-hydrogen) atoms. The second kappa shape index (κ2) is 42.3. The molecule has 2 rings (SSSR count). The molecule has 2 aliphatic heterocycles. The Bertz CT molecular complexity index is 1710. The standard InChI is InChI=1S/C57H88O15/c1-3-5-7-9-11-13-15-17-19-21-22-24-25-27-29-31-33-35-37-39-48(59)67-42-45(70-49(60)40-38-36-34-32-30-28-26-23-20-18-16-14-12-10-8-6-4-2)43-68-56-55(66)53(64)51(62)47(72-56)44-69-57-54(65)52(63)50(61)46(41-58)71-57/h6,8,11-14,17-20,22,24,26-29,32-35,45-47,50-58,61-66H,3-5,7,9-10,15-16,21,23,25,30-31,36-44H2,1-2H3/b8-6+,13-11+,14-12+,19-17+,20-18+,24-22+,28-26+,29-27+,34-32+,35-33+/t45-,46+,47+,50-,51-,52?,53?,54?,55?,56+,57+/m0/s1. The summed E-state index contributed by atoms with van der Waals surface area (Å²) in [4.78, 5) is 25.7. The largest absolute Gasteiger partial charge is 0.462 e. The van der Waals surface area contributed by atoms with E-state index in [1.807, 2.05) is 24.3 Å². The molecule has 11 atom stereocenters. The lowest BCUT2D eigenvalue weighted by molar-refractivity contribution is -0.332. The number of hydrogen-bond acceptors (Lipinski definition) is 15. The van der Waals surface area contributed by atoms with Gasteiger partial charge in [-0.05, 0) is 89.9 Å². The summed E-state index contributed by atoms with van der Waals surface area (Å²) in [6.45, 7) is 2.28. The molecule has 15 heteroatoms. The van der Waals surface area contributed by atoms with Crippen LogP contribution in [0.25, 0.3) is 0 Å². The van der Waals surface area contributed by atoms with Crippen LogP contribution in [0.3, 0.4) is 0 Å². The third-order valence-corrected chi connectivity index (χ3v) is 11.4. The molecule has 0 aromatic heterocycles. The van der Waals surface area contributed by atoms with Crippen molar-refractivity contribution in [1.29, 1.82) is 0 Å². The highest BCUT2D eigenvalue weighted by atomic mass is 16.7. The summed E-state index contributed by atoms with van der Waals surface area (Å²) in [5.41, 5.74) is 0. The number of aliphatic hydroxyl groups is 7. The lowest BCUT2D eigenvalue weighted by Gasteiger charge is -2.42. The van der Waals surface area contributed by atoms with E-state index in [1.165, 1.54) is 19.3 Å². The van der Waals surface area contributed by atoms with Crippen molar-refractivity contribution in [2.75, 3.05) is 26.4 Å². The Hall–Kier alpha value is -4.10. The molecule has 0 saturated carbocycles. The van der Waals surface area contributed by atoms with Gasteiger partial charge in [-0.3, -0.25) is 9.59 Å². The van der Waals surface area contributed by atoms with Gasteiger partial charge in [0.2, 0.25) is 0 Å². The number of rotatable bonds is 38. The zero-order valence-electron chi connectivity index (χ0n) is 42.9. The molecule has 4 unspecified atom stereocenters. The van der Waals surface area contributed by atoms with Gasteiger partial charge in [-0.25, -0.2) is 0 Å². The normalized spacial score (nSPS) is 26.0. The number of aliphatic hydroxyl groups excluding tert-OH is 7. The van der Waals surface area contributed by atoms with Crippen LogP contribution in [0.15, 0.2) is 122 Å². The summed E-state index contributed by atoms with van der Waals surface area (Å²) >= 11 is 0. The van der Waals surface area contributed by atoms with Crippen molar-refractivity contribution in [2.45, 2.75) is 197 Å². The fourth-order valence-corrected chi connectivity index (χ4v) is 7.17. The molecular formula is C57H88O15. The molecule has 2 saturated heterocycles. The quantitative estimate of drug-likeness (QED) is 0.0178. The third-order valence-electron chi connectivity index (χ3n) is 11.4. The van der Waals surface area contributed by atoms with E-state index in [0.29, 0.717) is 25.7 Å². The van der Waals surface area contributed by atoms with E-state index in [4.69, 9.17) is 28.4 Å². The molecule has 2 heterocycles. The van der Waals surface area contributed by atoms with Crippen molar-refractivity contribution in [3.63, 3.8) is 0 Å². The zero-order valence-corrected chi connectivity index (χ0v) is 42.9. The summed E-state index contributed by atoms with van der Waals surface area (Å²) in [5, 5.41) is 72.1. The van der Waals surface area contributed by atoms with Crippen LogP contribution in [0, 0.1) is 0 Å². The highest BCUT2D eigenvalue weighted by Gasteiger charge is 2.47. The smallest absolute Gasteiger partial charge is 0.306 e. The summed E-state index contributed by atoms with van der Waals surface area (Å²) < 4.78 is 33.4. The van der Waals surface area contributed by atoms with Crippen LogP contribution in [0.5, 0.6) is 0 Å². The van der Waals surface area contributed by atoms with Gasteiger partial charge in [0.1, 0.15) is 55.4 Å². The van der Waals surface area contributed by atoms with Gasteiger partial charge in [0, 0.05) is 12.8 Å². The Morgan fingerprint density at radius 2 is 0.889 bits per heavy atom. The summed E-state index contributed by atoms with van der Waals surface area (Å²) in [6.07, 6.45) is 39.6. The Morgan fingerprint density at radius 3 is 1.38 bits per heavy atom. The van der Waals surface area contributed by atoms with Gasteiger partial charge in [0.05, 0.1) is 19.8 Å². The molecule has 0 aromatic carbocycles. The van der Waals surface area contributed by atoms with E-state index in [1.54, 1.807) is 0 Å². The van der Waals surface area contributed by atoms with Gasteiger partial charge in [0.15, 0.2) is 18.7 Å². The molecule has 406 valence electrons. The Labute approximate surface area is 429 Å². The predicted molar refractivity (Wildman–Crippen MR) is 279 cm³/mol. The van der Waals surface area contributed by atoms with Crippen molar-refractivity contribution in [3.05, 3.63) is 122 Å². The molecule has 15 nitrogen and oxygen atoms in total. The van der Waals surface area contributed by atoms with E-state index in [-0.39, 0.29) is 19.4 Å². The Morgan fingerprint density at radius 1 is 0.458 bits per heavy atom. The van der Waals surface area contributed by atoms with Crippen LogP contribution in [0.1, 0.15) is 129 Å². The molecule has 0 radical (unpaired) electrons. The lowest BCUT2D eigenvalue weighted by atomic mass is 9.98. The second-order valence-electron chi connectivity index (χ2n) is 17.6. The topological polar surface area (TPSA) is 231 Å². The minimum atomic E-state index is -1.79. The molecular weight excluding hydrogens is 925 g/mol. The molecule has 7 N–H and O–H groups in total. The average Bonchev–Trinajstić information content (AvgIpc) is 3.37. The third kappa shape index (κ3) is 29.6. The molecule has 2 fully saturated rings. The summed E-state index contributed by atoms with van der Waals surface area (Å²) in [7, 11) is 0. The molecule has 2 aliphatic rings. The Balaban J connectivity index is 1.87. The second-order valence-corrected chi connectivity index (χ2v) is 17.6. The van der Waals surface area contributed by atoms with Crippen LogP contribution in [-0.2, 0) is 38.0 Å². The van der Waals surface area contributed by atoms with Crippen molar-refractivity contribution < 1.29 is 73.8 Å². The van der Waals surface area contributed by atoms with E-state index in [2.05, 4.69) is 111 Å². The maximum Gasteiger partial charge on any atom is 0.306 e. The lowest BCUT2D eigenvalue weighted by Crippen LogP contribution is -2.61. The van der Waals surface area contributed by atoms with Crippen LogP contribution in [0.2, 0.25) is 0 Å². The van der Waals surface area contributed by atoms with E-state index in [9.17, 15) is 45.3 Å². The van der Waals surface area contributed by atoms with Crippen molar-refractivity contribution in [2.24, 2.45) is 0 Å². The number of esters is 2. The first-order valence-electron chi connectivity index (χ1n) is 26.1. The maximum absolute atomic E-state index is 13.0. The average molecular weight is 1010 g/mol. The van der Waals surface area contributed by atoms with E-state index >= 15 is 0 Å². The number of hydrogen-bond donors (Lipinski definition) is 7. The first-order chi connectivity index (χ1) is 35.0. The van der Waals surface area contributed by atoms with Crippen molar-refractivity contribution in [3.8, 4) is 0 Å². The molecule has 0 aromatic rings. The molecule has 0 spiro atoms. The number of allylic oxidation sites excluding steroid dienone is 20. The van der Waals surface area contributed by atoms with E-state index in [0.717, 1.165) is 57.8 Å². The molecule has 0 bridgehead atoms. The van der Waals surface area contributed by atoms with Crippen molar-refractivity contribution in [1.82, 2.24) is 0 Å². The van der Waals surface area contributed by atoms with Gasteiger partial charge in [-0.1, -0.05) is 148 Å². The van der Waals surface area contributed by atoms with Crippen molar-refractivity contribution >= 4 is 11.9 Å². The first-order valence-corrected chi connectivity index (χ1v) is 26.1. The fraction of sp³-hybridized carbons (Fsp3) is 0.614. The number of carbonyl (C=O) groups excluding carboxylic acids is 2. The van der Waals surface area contributed by atoms with Gasteiger partial charge in [-0.15, -0.1) is 0 Å². The Kier molecular flexibility index (Phi) is 37.6.